The molecule has 0 saturated heterocycles. The number of carboxylic acid groups (broad SMARTS) is 1. The Kier molecular flexibility index (Phi) is 8.90. The normalized spacial score (nSPS) is 11.1. The second kappa shape index (κ2) is 12.5. The summed E-state index contributed by atoms with van der Waals surface area (Å²) in [6.45, 7) is 2.84. The second-order valence-corrected chi connectivity index (χ2v) is 9.80. The molecule has 1 N–H and O–H groups in total. The molecule has 1 heterocycles. The minimum Gasteiger partial charge on any atom is -0.493 e. The zero-order chi connectivity index (χ0) is 24.5. The topological polar surface area (TPSA) is 59.7 Å². The lowest BCUT2D eigenvalue weighted by atomic mass is 10.00. The highest BCUT2D eigenvalue weighted by atomic mass is 32.2. The zero-order valence-electron chi connectivity index (χ0n) is 20.2. The highest BCUT2D eigenvalue weighted by Crippen LogP contribution is 2.37. The van der Waals surface area contributed by atoms with E-state index in [4.69, 9.17) is 14.3 Å². The number of fused-ring (bicyclic) bond motifs is 1. The third-order valence-electron chi connectivity index (χ3n) is 6.01. The van der Waals surface area contributed by atoms with Crippen molar-refractivity contribution in [3.63, 3.8) is 0 Å². The Morgan fingerprint density at radius 3 is 2.66 bits per heavy atom. The standard InChI is InChI=1S/C30H32O4S/c1-2-3-13-26-28(16-15-25-27(21-34-30(25)26)23-10-5-4-6-11-23)33-18-8-19-35-24-12-7-9-22(20-24)14-17-29(31)32/h4-7,9-12,15-16,20-21H,2-3,8,13-14,17-19H2,1H3,(H,31,32). The van der Waals surface area contributed by atoms with Crippen LogP contribution in [0, 0.1) is 0 Å². The maximum Gasteiger partial charge on any atom is 0.303 e. The fourth-order valence-electron chi connectivity index (χ4n) is 4.18. The Labute approximate surface area is 211 Å². The van der Waals surface area contributed by atoms with Crippen LogP contribution >= 0.6 is 11.8 Å². The molecular formula is C30H32O4S. The van der Waals surface area contributed by atoms with Crippen LogP contribution in [0.4, 0.5) is 0 Å². The van der Waals surface area contributed by atoms with E-state index in [-0.39, 0.29) is 6.42 Å². The summed E-state index contributed by atoms with van der Waals surface area (Å²) < 4.78 is 12.3. The SMILES string of the molecule is CCCCc1c(OCCCSc2cccc(CCC(=O)O)c2)ccc2c(-c3ccccc3)coc12. The Balaban J connectivity index is 1.38. The minimum atomic E-state index is -0.762. The van der Waals surface area contributed by atoms with Gasteiger partial charge in [0.1, 0.15) is 11.3 Å². The molecule has 0 radical (unpaired) electrons. The Bertz CT molecular complexity index is 1250. The van der Waals surface area contributed by atoms with Gasteiger partial charge in [-0.2, -0.15) is 0 Å². The summed E-state index contributed by atoms with van der Waals surface area (Å²) in [5.41, 5.74) is 5.43. The zero-order valence-corrected chi connectivity index (χ0v) is 21.0. The number of hydrogen-bond donors (Lipinski definition) is 1. The smallest absolute Gasteiger partial charge is 0.303 e. The first-order chi connectivity index (χ1) is 17.2. The molecule has 0 fully saturated rings. The first-order valence-corrected chi connectivity index (χ1v) is 13.3. The summed E-state index contributed by atoms with van der Waals surface area (Å²) in [4.78, 5) is 12.0. The van der Waals surface area contributed by atoms with Gasteiger partial charge < -0.3 is 14.3 Å². The van der Waals surface area contributed by atoms with E-state index in [1.165, 1.54) is 4.90 Å². The molecule has 5 heteroatoms. The predicted molar refractivity (Wildman–Crippen MR) is 143 cm³/mol. The van der Waals surface area contributed by atoms with Gasteiger partial charge in [-0.05, 0) is 61.1 Å². The number of benzene rings is 3. The first kappa shape index (κ1) is 24.9. The number of hydrogen-bond acceptors (Lipinski definition) is 4. The molecule has 0 amide bonds. The van der Waals surface area contributed by atoms with Crippen LogP contribution in [0.15, 0.2) is 82.3 Å². The van der Waals surface area contributed by atoms with Crippen molar-refractivity contribution in [1.82, 2.24) is 0 Å². The molecule has 0 aliphatic rings. The van der Waals surface area contributed by atoms with Gasteiger partial charge in [-0.1, -0.05) is 55.8 Å². The number of carboxylic acids is 1. The first-order valence-electron chi connectivity index (χ1n) is 12.3. The summed E-state index contributed by atoms with van der Waals surface area (Å²) in [5, 5.41) is 10.0. The number of carbonyl (C=O) groups is 1. The predicted octanol–water partition coefficient (Wildman–Crippen LogP) is 8.02. The number of ether oxygens (including phenoxy) is 1. The summed E-state index contributed by atoms with van der Waals surface area (Å²) in [7, 11) is 0. The number of unbranched alkanes of at least 4 members (excludes halogenated alkanes) is 1. The average Bonchev–Trinajstić information content (AvgIpc) is 3.31. The van der Waals surface area contributed by atoms with Crippen molar-refractivity contribution in [1.29, 1.82) is 0 Å². The molecule has 0 atom stereocenters. The van der Waals surface area contributed by atoms with Gasteiger partial charge in [0.15, 0.2) is 0 Å². The van der Waals surface area contributed by atoms with Gasteiger partial charge in [0.25, 0.3) is 0 Å². The lowest BCUT2D eigenvalue weighted by molar-refractivity contribution is -0.136. The number of rotatable bonds is 13. The van der Waals surface area contributed by atoms with Crippen molar-refractivity contribution in [2.45, 2.75) is 50.3 Å². The molecule has 0 spiro atoms. The van der Waals surface area contributed by atoms with Crippen LogP contribution in [-0.2, 0) is 17.6 Å². The van der Waals surface area contributed by atoms with Gasteiger partial charge in [0, 0.05) is 33.6 Å². The Morgan fingerprint density at radius 2 is 1.86 bits per heavy atom. The van der Waals surface area contributed by atoms with E-state index in [1.807, 2.05) is 36.6 Å². The Hall–Kier alpha value is -3.18. The van der Waals surface area contributed by atoms with E-state index in [2.05, 4.69) is 43.3 Å². The molecule has 0 aliphatic carbocycles. The van der Waals surface area contributed by atoms with Gasteiger partial charge in [0.05, 0.1) is 12.9 Å². The quantitative estimate of drug-likeness (QED) is 0.152. The molecule has 4 aromatic rings. The molecule has 0 bridgehead atoms. The van der Waals surface area contributed by atoms with Crippen LogP contribution in [0.5, 0.6) is 5.75 Å². The molecule has 182 valence electrons. The van der Waals surface area contributed by atoms with Gasteiger partial charge in [-0.3, -0.25) is 4.79 Å². The Morgan fingerprint density at radius 1 is 1.00 bits per heavy atom. The lowest BCUT2D eigenvalue weighted by Crippen LogP contribution is -2.02. The number of thioether (sulfide) groups is 1. The molecule has 35 heavy (non-hydrogen) atoms. The third kappa shape index (κ3) is 6.70. The van der Waals surface area contributed by atoms with Crippen molar-refractivity contribution < 1.29 is 19.1 Å². The van der Waals surface area contributed by atoms with E-state index >= 15 is 0 Å². The summed E-state index contributed by atoms with van der Waals surface area (Å²) in [6.07, 6.45) is 6.64. The molecule has 0 aliphatic heterocycles. The largest absolute Gasteiger partial charge is 0.493 e. The minimum absolute atomic E-state index is 0.162. The van der Waals surface area contributed by atoms with Crippen LogP contribution in [0.3, 0.4) is 0 Å². The molecule has 4 rings (SSSR count). The van der Waals surface area contributed by atoms with Gasteiger partial charge in [-0.15, -0.1) is 11.8 Å². The molecule has 4 nitrogen and oxygen atoms in total. The van der Waals surface area contributed by atoms with Crippen molar-refractivity contribution in [3.8, 4) is 16.9 Å². The maximum absolute atomic E-state index is 10.8. The highest BCUT2D eigenvalue weighted by molar-refractivity contribution is 7.99. The van der Waals surface area contributed by atoms with Gasteiger partial charge in [0.2, 0.25) is 0 Å². The molecular weight excluding hydrogens is 456 g/mol. The van der Waals surface area contributed by atoms with Gasteiger partial charge in [-0.25, -0.2) is 0 Å². The second-order valence-electron chi connectivity index (χ2n) is 8.63. The highest BCUT2D eigenvalue weighted by Gasteiger charge is 2.16. The van der Waals surface area contributed by atoms with Crippen LogP contribution in [0.1, 0.15) is 43.7 Å². The molecule has 0 saturated carbocycles. The van der Waals surface area contributed by atoms with Crippen molar-refractivity contribution in [3.05, 3.63) is 84.1 Å². The average molecular weight is 489 g/mol. The van der Waals surface area contributed by atoms with E-state index in [0.717, 1.165) is 70.4 Å². The number of furan rings is 1. The third-order valence-corrected chi connectivity index (χ3v) is 7.09. The lowest BCUT2D eigenvalue weighted by Gasteiger charge is -2.12. The molecule has 3 aromatic carbocycles. The van der Waals surface area contributed by atoms with E-state index in [9.17, 15) is 4.79 Å². The van der Waals surface area contributed by atoms with E-state index in [0.29, 0.717) is 13.0 Å². The van der Waals surface area contributed by atoms with Crippen LogP contribution < -0.4 is 4.74 Å². The number of aliphatic carboxylic acids is 1. The van der Waals surface area contributed by atoms with Crippen molar-refractivity contribution in [2.24, 2.45) is 0 Å². The van der Waals surface area contributed by atoms with Crippen LogP contribution in [-0.4, -0.2) is 23.4 Å². The van der Waals surface area contributed by atoms with E-state index in [1.54, 1.807) is 11.8 Å². The van der Waals surface area contributed by atoms with E-state index < -0.39 is 5.97 Å². The van der Waals surface area contributed by atoms with Gasteiger partial charge >= 0.3 is 5.97 Å². The van der Waals surface area contributed by atoms with Crippen LogP contribution in [0.2, 0.25) is 0 Å². The molecule has 1 aromatic heterocycles. The number of aryl methyl sites for hydroxylation is 2. The fourth-order valence-corrected chi connectivity index (χ4v) is 5.09. The summed E-state index contributed by atoms with van der Waals surface area (Å²) in [5.74, 6) is 1.09. The summed E-state index contributed by atoms with van der Waals surface area (Å²) >= 11 is 1.78. The fraction of sp³-hybridized carbons (Fsp3) is 0.300. The van der Waals surface area contributed by atoms with Crippen molar-refractivity contribution in [2.75, 3.05) is 12.4 Å². The maximum atomic E-state index is 10.8. The summed E-state index contributed by atoms with van der Waals surface area (Å²) in [6, 6.07) is 22.7. The molecule has 0 unspecified atom stereocenters. The monoisotopic (exact) mass is 488 g/mol. The van der Waals surface area contributed by atoms with Crippen molar-refractivity contribution >= 4 is 28.7 Å². The van der Waals surface area contributed by atoms with Crippen LogP contribution in [0.25, 0.3) is 22.1 Å².